The summed E-state index contributed by atoms with van der Waals surface area (Å²) in [5, 5.41) is 4.30. The molecule has 1 aliphatic heterocycles. The highest BCUT2D eigenvalue weighted by molar-refractivity contribution is 5.85. The van der Waals surface area contributed by atoms with Gasteiger partial charge < -0.3 is 14.8 Å². The van der Waals surface area contributed by atoms with Gasteiger partial charge in [0.1, 0.15) is 11.9 Å². The van der Waals surface area contributed by atoms with Crippen molar-refractivity contribution < 1.29 is 9.47 Å². The van der Waals surface area contributed by atoms with E-state index in [0.717, 1.165) is 36.2 Å². The molecule has 0 saturated carbocycles. The van der Waals surface area contributed by atoms with Crippen molar-refractivity contribution in [2.75, 3.05) is 20.2 Å². The monoisotopic (exact) mass is 331 g/mol. The first kappa shape index (κ1) is 17.8. The molecule has 1 aromatic heterocycles. The average Bonchev–Trinajstić information content (AvgIpc) is 2.48. The van der Waals surface area contributed by atoms with Crippen LogP contribution in [0.3, 0.4) is 0 Å². The van der Waals surface area contributed by atoms with Gasteiger partial charge in [-0.15, -0.1) is 24.8 Å². The third-order valence-corrected chi connectivity index (χ3v) is 3.27. The summed E-state index contributed by atoms with van der Waals surface area (Å²) >= 11 is 0. The fourth-order valence-corrected chi connectivity index (χ4v) is 2.28. The second kappa shape index (κ2) is 8.22. The highest BCUT2D eigenvalue weighted by atomic mass is 35.5. The van der Waals surface area contributed by atoms with E-state index in [-0.39, 0.29) is 30.9 Å². The number of rotatable bonds is 3. The summed E-state index contributed by atoms with van der Waals surface area (Å²) in [4.78, 5) is 8.39. The maximum atomic E-state index is 5.97. The molecular formula is C14H19Cl2N3O2. The molecule has 0 aliphatic carbocycles. The number of hydrogen-bond donors (Lipinski definition) is 1. The van der Waals surface area contributed by atoms with E-state index in [4.69, 9.17) is 9.47 Å². The van der Waals surface area contributed by atoms with E-state index in [1.54, 1.807) is 13.3 Å². The Morgan fingerprint density at radius 2 is 2.14 bits per heavy atom. The maximum absolute atomic E-state index is 5.97. The number of benzene rings is 1. The number of nitrogens with zero attached hydrogens (tertiary/aromatic N) is 2. The SMILES string of the molecule is COc1ncc2cc(OC3CCCNC3)ccc2n1.Cl.Cl. The summed E-state index contributed by atoms with van der Waals surface area (Å²) in [6.45, 7) is 2.00. The quantitative estimate of drug-likeness (QED) is 0.936. The molecule has 5 nitrogen and oxygen atoms in total. The van der Waals surface area contributed by atoms with Gasteiger partial charge in [0.2, 0.25) is 0 Å². The predicted molar refractivity (Wildman–Crippen MR) is 87.1 cm³/mol. The molecule has 0 radical (unpaired) electrons. The Balaban J connectivity index is 0.00000110. The maximum Gasteiger partial charge on any atom is 0.316 e. The normalized spacial score (nSPS) is 17.5. The third-order valence-electron chi connectivity index (χ3n) is 3.27. The number of fused-ring (bicyclic) bond motifs is 1. The van der Waals surface area contributed by atoms with Crippen molar-refractivity contribution in [1.29, 1.82) is 0 Å². The first-order valence-corrected chi connectivity index (χ1v) is 6.53. The Morgan fingerprint density at radius 3 is 2.86 bits per heavy atom. The van der Waals surface area contributed by atoms with Gasteiger partial charge in [0.05, 0.1) is 12.6 Å². The smallest absolute Gasteiger partial charge is 0.316 e. The Hall–Kier alpha value is -1.30. The topological polar surface area (TPSA) is 56.3 Å². The lowest BCUT2D eigenvalue weighted by molar-refractivity contribution is 0.167. The Labute approximate surface area is 136 Å². The highest BCUT2D eigenvalue weighted by Crippen LogP contribution is 2.22. The Kier molecular flexibility index (Phi) is 6.95. The summed E-state index contributed by atoms with van der Waals surface area (Å²) in [7, 11) is 1.56. The van der Waals surface area contributed by atoms with Gasteiger partial charge in [0.25, 0.3) is 0 Å². The zero-order chi connectivity index (χ0) is 13.1. The minimum absolute atomic E-state index is 0. The number of aromatic nitrogens is 2. The van der Waals surface area contributed by atoms with E-state index >= 15 is 0 Å². The molecule has 1 saturated heterocycles. The average molecular weight is 332 g/mol. The molecule has 0 bridgehead atoms. The van der Waals surface area contributed by atoms with Gasteiger partial charge in [-0.3, -0.25) is 0 Å². The molecule has 1 fully saturated rings. The van der Waals surface area contributed by atoms with Crippen molar-refractivity contribution in [2.24, 2.45) is 0 Å². The van der Waals surface area contributed by atoms with Crippen molar-refractivity contribution >= 4 is 35.7 Å². The largest absolute Gasteiger partial charge is 0.489 e. The van der Waals surface area contributed by atoms with Gasteiger partial charge in [0, 0.05) is 18.1 Å². The molecule has 1 atom stereocenters. The minimum atomic E-state index is 0. The second-order valence-corrected chi connectivity index (χ2v) is 4.66. The van der Waals surface area contributed by atoms with Gasteiger partial charge in [-0.1, -0.05) is 0 Å². The second-order valence-electron chi connectivity index (χ2n) is 4.66. The number of ether oxygens (including phenoxy) is 2. The van der Waals surface area contributed by atoms with Crippen LogP contribution in [-0.4, -0.2) is 36.3 Å². The van der Waals surface area contributed by atoms with Crippen LogP contribution in [0.1, 0.15) is 12.8 Å². The lowest BCUT2D eigenvalue weighted by Crippen LogP contribution is -2.37. The summed E-state index contributed by atoms with van der Waals surface area (Å²) in [5.74, 6) is 0.870. The molecule has 7 heteroatoms. The van der Waals surface area contributed by atoms with E-state index in [2.05, 4.69) is 15.3 Å². The van der Waals surface area contributed by atoms with Crippen LogP contribution in [-0.2, 0) is 0 Å². The fourth-order valence-electron chi connectivity index (χ4n) is 2.28. The Morgan fingerprint density at radius 1 is 1.29 bits per heavy atom. The summed E-state index contributed by atoms with van der Waals surface area (Å²) in [5.41, 5.74) is 0.862. The van der Waals surface area contributed by atoms with E-state index in [1.807, 2.05) is 18.2 Å². The molecule has 1 aliphatic rings. The molecule has 2 aromatic rings. The minimum Gasteiger partial charge on any atom is -0.489 e. The Bertz CT molecular complexity index is 577. The zero-order valence-electron chi connectivity index (χ0n) is 11.7. The van der Waals surface area contributed by atoms with E-state index in [0.29, 0.717) is 6.01 Å². The number of methoxy groups -OCH3 is 1. The van der Waals surface area contributed by atoms with E-state index in [9.17, 15) is 0 Å². The zero-order valence-corrected chi connectivity index (χ0v) is 13.4. The molecule has 1 N–H and O–H groups in total. The van der Waals surface area contributed by atoms with Gasteiger partial charge in [-0.2, -0.15) is 4.98 Å². The lowest BCUT2D eigenvalue weighted by Gasteiger charge is -2.24. The highest BCUT2D eigenvalue weighted by Gasteiger charge is 2.14. The molecule has 1 unspecified atom stereocenters. The molecule has 0 amide bonds. The summed E-state index contributed by atoms with van der Waals surface area (Å²) < 4.78 is 11.0. The van der Waals surface area contributed by atoms with Crippen molar-refractivity contribution in [2.45, 2.75) is 18.9 Å². The van der Waals surface area contributed by atoms with Crippen molar-refractivity contribution in [3.05, 3.63) is 24.4 Å². The molecular weight excluding hydrogens is 313 g/mol. The molecule has 0 spiro atoms. The van der Waals surface area contributed by atoms with Gasteiger partial charge in [0.15, 0.2) is 0 Å². The van der Waals surface area contributed by atoms with Crippen LogP contribution < -0.4 is 14.8 Å². The van der Waals surface area contributed by atoms with Crippen LogP contribution >= 0.6 is 24.8 Å². The molecule has 2 heterocycles. The predicted octanol–water partition coefficient (Wildman–Crippen LogP) is 2.61. The van der Waals surface area contributed by atoms with Crippen molar-refractivity contribution in [3.63, 3.8) is 0 Å². The fraction of sp³-hybridized carbons (Fsp3) is 0.429. The van der Waals surface area contributed by atoms with Crippen LogP contribution in [0.25, 0.3) is 10.9 Å². The van der Waals surface area contributed by atoms with Crippen molar-refractivity contribution in [3.8, 4) is 11.8 Å². The first-order valence-electron chi connectivity index (χ1n) is 6.53. The molecule has 116 valence electrons. The van der Waals surface area contributed by atoms with Gasteiger partial charge >= 0.3 is 6.01 Å². The lowest BCUT2D eigenvalue weighted by atomic mass is 10.1. The standard InChI is InChI=1S/C14H17N3O2.2ClH/c1-18-14-16-8-10-7-11(4-5-13(10)17-14)19-12-3-2-6-15-9-12;;/h4-5,7-8,12,15H,2-3,6,9H2,1H3;2*1H. The van der Waals surface area contributed by atoms with Crippen LogP contribution in [0.15, 0.2) is 24.4 Å². The summed E-state index contributed by atoms with van der Waals surface area (Å²) in [6.07, 6.45) is 4.28. The van der Waals surface area contributed by atoms with E-state index in [1.165, 1.54) is 6.42 Å². The van der Waals surface area contributed by atoms with Crippen LogP contribution in [0.2, 0.25) is 0 Å². The first-order chi connectivity index (χ1) is 9.35. The third kappa shape index (κ3) is 4.33. The number of piperidine rings is 1. The molecule has 21 heavy (non-hydrogen) atoms. The van der Waals surface area contributed by atoms with Crippen molar-refractivity contribution in [1.82, 2.24) is 15.3 Å². The van der Waals surface area contributed by atoms with Crippen LogP contribution in [0.4, 0.5) is 0 Å². The molecule has 1 aromatic carbocycles. The number of nitrogens with one attached hydrogen (secondary N) is 1. The molecule has 3 rings (SSSR count). The van der Waals surface area contributed by atoms with Gasteiger partial charge in [-0.25, -0.2) is 4.98 Å². The van der Waals surface area contributed by atoms with Crippen LogP contribution in [0.5, 0.6) is 11.8 Å². The number of hydrogen-bond acceptors (Lipinski definition) is 5. The number of halogens is 2. The van der Waals surface area contributed by atoms with E-state index < -0.39 is 0 Å². The van der Waals surface area contributed by atoms with Crippen LogP contribution in [0, 0.1) is 0 Å². The van der Waals surface area contributed by atoms with Gasteiger partial charge in [-0.05, 0) is 37.6 Å². The summed E-state index contributed by atoms with van der Waals surface area (Å²) in [6, 6.07) is 6.25.